The molecule has 2 aliphatic heterocycles. The van der Waals surface area contributed by atoms with Crippen LogP contribution in [0.1, 0.15) is 41.8 Å². The van der Waals surface area contributed by atoms with Gasteiger partial charge in [-0.05, 0) is 62.1 Å². The minimum atomic E-state index is -3.29. The van der Waals surface area contributed by atoms with Crippen LogP contribution in [0.2, 0.25) is 0 Å². The molecule has 2 heterocycles. The molecule has 4 rings (SSSR count). The molecule has 2 fully saturated rings. The van der Waals surface area contributed by atoms with Crippen molar-refractivity contribution in [3.8, 4) is 0 Å². The highest BCUT2D eigenvalue weighted by Crippen LogP contribution is 2.33. The quantitative estimate of drug-likeness (QED) is 0.703. The van der Waals surface area contributed by atoms with Gasteiger partial charge in [0.1, 0.15) is 0 Å². The summed E-state index contributed by atoms with van der Waals surface area (Å²) in [5.41, 5.74) is 5.00. The van der Waals surface area contributed by atoms with Gasteiger partial charge in [0.2, 0.25) is 10.0 Å². The predicted molar refractivity (Wildman–Crippen MR) is 130 cm³/mol. The van der Waals surface area contributed by atoms with Crippen LogP contribution in [-0.2, 0) is 10.0 Å². The van der Waals surface area contributed by atoms with E-state index < -0.39 is 10.0 Å². The second-order valence-electron chi connectivity index (χ2n) is 9.33. The summed E-state index contributed by atoms with van der Waals surface area (Å²) in [5, 5.41) is 0. The minimum absolute atomic E-state index is 0.00140. The van der Waals surface area contributed by atoms with Crippen molar-refractivity contribution < 1.29 is 13.2 Å². The van der Waals surface area contributed by atoms with E-state index in [1.165, 1.54) is 16.8 Å². The first-order valence-corrected chi connectivity index (χ1v) is 13.0. The molecule has 2 aromatic carbocycles. The molecule has 172 valence electrons. The van der Waals surface area contributed by atoms with E-state index in [1.54, 1.807) is 28.6 Å². The molecule has 0 radical (unpaired) electrons. The summed E-state index contributed by atoms with van der Waals surface area (Å²) in [6.07, 6.45) is 0.644. The van der Waals surface area contributed by atoms with E-state index in [-0.39, 0.29) is 23.6 Å². The van der Waals surface area contributed by atoms with Crippen molar-refractivity contribution in [2.24, 2.45) is 5.92 Å². The van der Waals surface area contributed by atoms with E-state index in [2.05, 4.69) is 36.9 Å². The Bertz CT molecular complexity index is 1090. The second kappa shape index (κ2) is 8.77. The van der Waals surface area contributed by atoms with Gasteiger partial charge in [0, 0.05) is 43.5 Å². The van der Waals surface area contributed by atoms with Crippen molar-refractivity contribution in [1.82, 2.24) is 4.90 Å². The van der Waals surface area contributed by atoms with Gasteiger partial charge in [-0.3, -0.25) is 9.10 Å². The number of rotatable bonds is 4. The van der Waals surface area contributed by atoms with Crippen molar-refractivity contribution in [3.05, 3.63) is 59.2 Å². The Kier molecular flexibility index (Phi) is 6.21. The molecule has 1 atom stereocenters. The van der Waals surface area contributed by atoms with Crippen molar-refractivity contribution in [3.63, 3.8) is 0 Å². The number of piperazine rings is 1. The standard InChI is InChI=1S/C25H33N3O3S/c1-18(2)23-11-16-32(30,31)28(23)22-8-6-21(7-9-22)25(29)27-14-12-26(13-15-27)24-10-5-19(3)17-20(24)4/h5-10,17-18,23H,11-16H2,1-4H3/t23-/m0/s1. The number of benzene rings is 2. The van der Waals surface area contributed by atoms with Crippen molar-refractivity contribution in [2.45, 2.75) is 40.2 Å². The average molecular weight is 456 g/mol. The van der Waals surface area contributed by atoms with Gasteiger partial charge in [0.05, 0.1) is 11.4 Å². The second-order valence-corrected chi connectivity index (χ2v) is 11.3. The summed E-state index contributed by atoms with van der Waals surface area (Å²) in [6.45, 7) is 11.3. The number of hydrogen-bond donors (Lipinski definition) is 0. The van der Waals surface area contributed by atoms with E-state index in [0.717, 1.165) is 13.1 Å². The molecule has 6 nitrogen and oxygen atoms in total. The normalized spacial score (nSPS) is 20.8. The first-order valence-electron chi connectivity index (χ1n) is 11.4. The Hall–Kier alpha value is -2.54. The highest BCUT2D eigenvalue weighted by Gasteiger charge is 2.39. The van der Waals surface area contributed by atoms with E-state index in [9.17, 15) is 13.2 Å². The molecular formula is C25H33N3O3S. The molecule has 0 aliphatic carbocycles. The van der Waals surface area contributed by atoms with Gasteiger partial charge >= 0.3 is 0 Å². The fraction of sp³-hybridized carbons (Fsp3) is 0.480. The van der Waals surface area contributed by atoms with Crippen LogP contribution < -0.4 is 9.21 Å². The molecular weight excluding hydrogens is 422 g/mol. The first kappa shape index (κ1) is 22.6. The predicted octanol–water partition coefficient (Wildman–Crippen LogP) is 3.83. The number of carbonyl (C=O) groups excluding carboxylic acids is 1. The highest BCUT2D eigenvalue weighted by atomic mass is 32.2. The maximum absolute atomic E-state index is 13.1. The number of hydrogen-bond acceptors (Lipinski definition) is 4. The average Bonchev–Trinajstić information content (AvgIpc) is 3.09. The summed E-state index contributed by atoms with van der Waals surface area (Å²) in [4.78, 5) is 17.3. The maximum Gasteiger partial charge on any atom is 0.253 e. The molecule has 0 unspecified atom stereocenters. The van der Waals surface area contributed by atoms with E-state index in [4.69, 9.17) is 0 Å². The number of sulfonamides is 1. The number of nitrogens with zero attached hydrogens (tertiary/aromatic N) is 3. The van der Waals surface area contributed by atoms with Gasteiger partial charge < -0.3 is 9.80 Å². The lowest BCUT2D eigenvalue weighted by Crippen LogP contribution is -2.49. The SMILES string of the molecule is Cc1ccc(N2CCN(C(=O)c3ccc(N4[C@H](C(C)C)CCS4(=O)=O)cc3)CC2)c(C)c1. The Balaban J connectivity index is 1.43. The lowest BCUT2D eigenvalue weighted by Gasteiger charge is -2.37. The minimum Gasteiger partial charge on any atom is -0.368 e. The topological polar surface area (TPSA) is 60.9 Å². The molecule has 2 saturated heterocycles. The fourth-order valence-corrected chi connectivity index (χ4v) is 6.83. The monoisotopic (exact) mass is 455 g/mol. The van der Waals surface area contributed by atoms with Gasteiger partial charge in [-0.2, -0.15) is 0 Å². The van der Waals surface area contributed by atoms with E-state index in [0.29, 0.717) is 30.8 Å². The highest BCUT2D eigenvalue weighted by molar-refractivity contribution is 7.93. The summed E-state index contributed by atoms with van der Waals surface area (Å²) < 4.78 is 26.7. The molecule has 1 amide bonds. The molecule has 0 spiro atoms. The molecule has 0 N–H and O–H groups in total. The number of anilines is 2. The summed E-state index contributed by atoms with van der Waals surface area (Å²) in [7, 11) is -3.29. The lowest BCUT2D eigenvalue weighted by atomic mass is 10.0. The summed E-state index contributed by atoms with van der Waals surface area (Å²) in [5.74, 6) is 0.421. The first-order chi connectivity index (χ1) is 15.2. The zero-order valence-electron chi connectivity index (χ0n) is 19.4. The molecule has 0 saturated carbocycles. The van der Waals surface area contributed by atoms with Crippen LogP contribution in [0.25, 0.3) is 0 Å². The van der Waals surface area contributed by atoms with Crippen LogP contribution in [0.4, 0.5) is 11.4 Å². The van der Waals surface area contributed by atoms with Crippen molar-refractivity contribution in [1.29, 1.82) is 0 Å². The number of aryl methyl sites for hydroxylation is 2. The molecule has 2 aromatic rings. The molecule has 0 aromatic heterocycles. The van der Waals surface area contributed by atoms with Gasteiger partial charge in [-0.1, -0.05) is 31.5 Å². The molecule has 7 heteroatoms. The van der Waals surface area contributed by atoms with E-state index in [1.807, 2.05) is 18.7 Å². The van der Waals surface area contributed by atoms with Crippen LogP contribution >= 0.6 is 0 Å². The smallest absolute Gasteiger partial charge is 0.253 e. The Morgan fingerprint density at radius 1 is 0.969 bits per heavy atom. The van der Waals surface area contributed by atoms with Gasteiger partial charge in [-0.15, -0.1) is 0 Å². The molecule has 32 heavy (non-hydrogen) atoms. The maximum atomic E-state index is 13.1. The van der Waals surface area contributed by atoms with Gasteiger partial charge in [0.15, 0.2) is 0 Å². The Morgan fingerprint density at radius 3 is 2.22 bits per heavy atom. The van der Waals surface area contributed by atoms with Crippen molar-refractivity contribution in [2.75, 3.05) is 41.1 Å². The third-order valence-electron chi connectivity index (χ3n) is 6.67. The number of carbonyl (C=O) groups is 1. The van der Waals surface area contributed by atoms with Crippen LogP contribution in [-0.4, -0.2) is 57.2 Å². The zero-order valence-corrected chi connectivity index (χ0v) is 20.2. The van der Waals surface area contributed by atoms with Gasteiger partial charge in [0.25, 0.3) is 5.91 Å². The summed E-state index contributed by atoms with van der Waals surface area (Å²) >= 11 is 0. The Labute approximate surface area is 191 Å². The third-order valence-corrected chi connectivity index (χ3v) is 8.50. The van der Waals surface area contributed by atoms with Crippen LogP contribution in [0, 0.1) is 19.8 Å². The van der Waals surface area contributed by atoms with Gasteiger partial charge in [-0.25, -0.2) is 8.42 Å². The Morgan fingerprint density at radius 2 is 1.62 bits per heavy atom. The fourth-order valence-electron chi connectivity index (χ4n) is 4.89. The number of amides is 1. The van der Waals surface area contributed by atoms with E-state index >= 15 is 0 Å². The zero-order chi connectivity index (χ0) is 23.0. The summed E-state index contributed by atoms with van der Waals surface area (Å²) in [6, 6.07) is 13.5. The largest absolute Gasteiger partial charge is 0.368 e. The molecule has 0 bridgehead atoms. The van der Waals surface area contributed by atoms with Crippen molar-refractivity contribution >= 4 is 27.3 Å². The lowest BCUT2D eigenvalue weighted by molar-refractivity contribution is 0.0747. The van der Waals surface area contributed by atoms with Crippen LogP contribution in [0.15, 0.2) is 42.5 Å². The van der Waals surface area contributed by atoms with Crippen LogP contribution in [0.3, 0.4) is 0 Å². The molecule has 2 aliphatic rings. The third kappa shape index (κ3) is 4.35. The van der Waals surface area contributed by atoms with Crippen LogP contribution in [0.5, 0.6) is 0 Å².